The molecule has 0 aromatic heterocycles. The third-order valence-corrected chi connectivity index (χ3v) is 3.14. The largest absolute Gasteiger partial charge is 0.492 e. The second kappa shape index (κ2) is 8.41. The molecule has 0 saturated carbocycles. The predicted molar refractivity (Wildman–Crippen MR) is 75.1 cm³/mol. The van der Waals surface area contributed by atoms with E-state index in [-0.39, 0.29) is 0 Å². The molecule has 1 nitrogen and oxygen atoms in total. The Balaban J connectivity index is 2.14. The van der Waals surface area contributed by atoms with Crippen LogP contribution < -0.4 is 4.74 Å². The summed E-state index contributed by atoms with van der Waals surface area (Å²) in [5.41, 5.74) is 1.17. The SMILES string of the molecule is CCCCCCCCOc1ccc(C)cc1Cl. The maximum Gasteiger partial charge on any atom is 0.137 e. The highest BCUT2D eigenvalue weighted by Crippen LogP contribution is 2.25. The smallest absolute Gasteiger partial charge is 0.137 e. The molecular weight excluding hydrogens is 232 g/mol. The number of benzene rings is 1. The van der Waals surface area contributed by atoms with Gasteiger partial charge in [0.2, 0.25) is 0 Å². The predicted octanol–water partition coefficient (Wildman–Crippen LogP) is 5.39. The first-order chi connectivity index (χ1) is 8.24. The van der Waals surface area contributed by atoms with Gasteiger partial charge in [-0.05, 0) is 31.0 Å². The topological polar surface area (TPSA) is 9.23 Å². The van der Waals surface area contributed by atoms with Crippen molar-refractivity contribution in [3.05, 3.63) is 28.8 Å². The van der Waals surface area contributed by atoms with Crippen molar-refractivity contribution in [2.45, 2.75) is 52.4 Å². The van der Waals surface area contributed by atoms with Crippen molar-refractivity contribution in [3.8, 4) is 5.75 Å². The highest BCUT2D eigenvalue weighted by molar-refractivity contribution is 6.32. The molecule has 17 heavy (non-hydrogen) atoms. The Morgan fingerprint density at radius 2 is 1.76 bits per heavy atom. The van der Waals surface area contributed by atoms with Crippen LogP contribution in [0.4, 0.5) is 0 Å². The van der Waals surface area contributed by atoms with E-state index in [1.54, 1.807) is 0 Å². The average molecular weight is 255 g/mol. The molecule has 1 aromatic rings. The quantitative estimate of drug-likeness (QED) is 0.566. The van der Waals surface area contributed by atoms with Crippen molar-refractivity contribution in [1.82, 2.24) is 0 Å². The monoisotopic (exact) mass is 254 g/mol. The van der Waals surface area contributed by atoms with Gasteiger partial charge in [0.05, 0.1) is 11.6 Å². The molecule has 0 N–H and O–H groups in total. The average Bonchev–Trinajstić information content (AvgIpc) is 2.30. The number of aryl methyl sites for hydroxylation is 1. The molecule has 0 spiro atoms. The molecule has 96 valence electrons. The number of hydrogen-bond donors (Lipinski definition) is 0. The Kier molecular flexibility index (Phi) is 7.11. The van der Waals surface area contributed by atoms with E-state index in [0.717, 1.165) is 23.8 Å². The van der Waals surface area contributed by atoms with E-state index in [0.29, 0.717) is 0 Å². The van der Waals surface area contributed by atoms with Crippen LogP contribution in [0.2, 0.25) is 5.02 Å². The molecular formula is C15H23ClO. The molecule has 0 aliphatic rings. The first-order valence-electron chi connectivity index (χ1n) is 6.63. The van der Waals surface area contributed by atoms with Gasteiger partial charge in [-0.25, -0.2) is 0 Å². The molecule has 0 radical (unpaired) electrons. The van der Waals surface area contributed by atoms with Crippen molar-refractivity contribution in [3.63, 3.8) is 0 Å². The zero-order valence-corrected chi connectivity index (χ0v) is 11.7. The molecule has 0 amide bonds. The minimum atomic E-state index is 0.719. The lowest BCUT2D eigenvalue weighted by Crippen LogP contribution is -1.98. The fraction of sp³-hybridized carbons (Fsp3) is 0.600. The van der Waals surface area contributed by atoms with Crippen molar-refractivity contribution in [1.29, 1.82) is 0 Å². The summed E-state index contributed by atoms with van der Waals surface area (Å²) in [5, 5.41) is 0.719. The van der Waals surface area contributed by atoms with Gasteiger partial charge in [0.25, 0.3) is 0 Å². The van der Waals surface area contributed by atoms with Gasteiger partial charge in [0.15, 0.2) is 0 Å². The van der Waals surface area contributed by atoms with Crippen molar-refractivity contribution < 1.29 is 4.74 Å². The van der Waals surface area contributed by atoms with Crippen LogP contribution >= 0.6 is 11.6 Å². The Bertz CT molecular complexity index is 323. The molecule has 2 heteroatoms. The fourth-order valence-electron chi connectivity index (χ4n) is 1.79. The second-order valence-corrected chi connectivity index (χ2v) is 4.96. The maximum absolute atomic E-state index is 6.09. The molecule has 0 unspecified atom stereocenters. The lowest BCUT2D eigenvalue weighted by Gasteiger charge is -2.08. The van der Waals surface area contributed by atoms with Crippen molar-refractivity contribution in [2.75, 3.05) is 6.61 Å². The Hall–Kier alpha value is -0.690. The molecule has 0 heterocycles. The minimum absolute atomic E-state index is 0.719. The summed E-state index contributed by atoms with van der Waals surface area (Å²) in [5.74, 6) is 0.811. The lowest BCUT2D eigenvalue weighted by molar-refractivity contribution is 0.304. The number of ether oxygens (including phenoxy) is 1. The van der Waals surface area contributed by atoms with E-state index in [2.05, 4.69) is 6.92 Å². The first-order valence-corrected chi connectivity index (χ1v) is 7.00. The van der Waals surface area contributed by atoms with Crippen LogP contribution in [0.3, 0.4) is 0 Å². The zero-order chi connectivity index (χ0) is 12.5. The van der Waals surface area contributed by atoms with Crippen LogP contribution in [0.1, 0.15) is 51.0 Å². The third-order valence-electron chi connectivity index (χ3n) is 2.84. The Morgan fingerprint density at radius 1 is 1.06 bits per heavy atom. The highest BCUT2D eigenvalue weighted by Gasteiger charge is 2.00. The molecule has 0 fully saturated rings. The van der Waals surface area contributed by atoms with Gasteiger partial charge < -0.3 is 4.74 Å². The van der Waals surface area contributed by atoms with Gasteiger partial charge >= 0.3 is 0 Å². The number of unbranched alkanes of at least 4 members (excludes halogenated alkanes) is 5. The fourth-order valence-corrected chi connectivity index (χ4v) is 2.08. The summed E-state index contributed by atoms with van der Waals surface area (Å²) >= 11 is 6.09. The number of hydrogen-bond acceptors (Lipinski definition) is 1. The van der Waals surface area contributed by atoms with Gasteiger partial charge in [-0.15, -0.1) is 0 Å². The molecule has 0 saturated heterocycles. The van der Waals surface area contributed by atoms with Crippen LogP contribution in [-0.4, -0.2) is 6.61 Å². The maximum atomic E-state index is 6.09. The number of rotatable bonds is 8. The Morgan fingerprint density at radius 3 is 2.47 bits per heavy atom. The van der Waals surface area contributed by atoms with E-state index in [4.69, 9.17) is 16.3 Å². The van der Waals surface area contributed by atoms with E-state index < -0.39 is 0 Å². The van der Waals surface area contributed by atoms with Gasteiger partial charge in [0.1, 0.15) is 5.75 Å². The molecule has 0 bridgehead atoms. The third kappa shape index (κ3) is 5.97. The van der Waals surface area contributed by atoms with Crippen LogP contribution in [0, 0.1) is 6.92 Å². The summed E-state index contributed by atoms with van der Waals surface area (Å²) < 4.78 is 5.67. The second-order valence-electron chi connectivity index (χ2n) is 4.55. The molecule has 0 atom stereocenters. The summed E-state index contributed by atoms with van der Waals surface area (Å²) in [6, 6.07) is 5.93. The summed E-state index contributed by atoms with van der Waals surface area (Å²) in [6.45, 7) is 5.04. The van der Waals surface area contributed by atoms with Gasteiger partial charge in [0, 0.05) is 0 Å². The molecule has 1 rings (SSSR count). The summed E-state index contributed by atoms with van der Waals surface area (Å²) in [7, 11) is 0. The van der Waals surface area contributed by atoms with E-state index in [1.165, 1.54) is 37.7 Å². The van der Waals surface area contributed by atoms with Crippen LogP contribution in [0.5, 0.6) is 5.75 Å². The number of halogens is 1. The lowest BCUT2D eigenvalue weighted by atomic mass is 10.1. The Labute approximate surface area is 110 Å². The first kappa shape index (κ1) is 14.4. The molecule has 0 aliphatic carbocycles. The van der Waals surface area contributed by atoms with Gasteiger partial charge in [-0.2, -0.15) is 0 Å². The van der Waals surface area contributed by atoms with Crippen molar-refractivity contribution >= 4 is 11.6 Å². The van der Waals surface area contributed by atoms with Crippen LogP contribution in [0.15, 0.2) is 18.2 Å². The standard InChI is InChI=1S/C15H23ClO/c1-3-4-5-6-7-8-11-17-15-10-9-13(2)12-14(15)16/h9-10,12H,3-8,11H2,1-2H3. The zero-order valence-electron chi connectivity index (χ0n) is 11.0. The summed E-state index contributed by atoms with van der Waals surface area (Å²) in [4.78, 5) is 0. The molecule has 1 aromatic carbocycles. The normalized spacial score (nSPS) is 10.5. The van der Waals surface area contributed by atoms with E-state index >= 15 is 0 Å². The molecule has 0 aliphatic heterocycles. The van der Waals surface area contributed by atoms with Crippen molar-refractivity contribution in [2.24, 2.45) is 0 Å². The van der Waals surface area contributed by atoms with E-state index in [9.17, 15) is 0 Å². The van der Waals surface area contributed by atoms with Crippen LogP contribution in [-0.2, 0) is 0 Å². The van der Waals surface area contributed by atoms with Gasteiger partial charge in [-0.1, -0.05) is 56.7 Å². The highest BCUT2D eigenvalue weighted by atomic mass is 35.5. The minimum Gasteiger partial charge on any atom is -0.492 e. The summed E-state index contributed by atoms with van der Waals surface area (Å²) in [6.07, 6.45) is 7.69. The van der Waals surface area contributed by atoms with Gasteiger partial charge in [-0.3, -0.25) is 0 Å². The van der Waals surface area contributed by atoms with E-state index in [1.807, 2.05) is 25.1 Å². The van der Waals surface area contributed by atoms with Crippen LogP contribution in [0.25, 0.3) is 0 Å².